The van der Waals surface area contributed by atoms with Gasteiger partial charge in [0, 0.05) is 11.0 Å². The summed E-state index contributed by atoms with van der Waals surface area (Å²) in [5.74, 6) is 0.0292. The Morgan fingerprint density at radius 2 is 1.57 bits per heavy atom. The summed E-state index contributed by atoms with van der Waals surface area (Å²) in [5.41, 5.74) is 1.93. The highest BCUT2D eigenvalue weighted by atomic mass is 32.2. The molecule has 0 bridgehead atoms. The molecule has 8 heteroatoms. The van der Waals surface area contributed by atoms with Gasteiger partial charge in [0.2, 0.25) is 11.5 Å². The van der Waals surface area contributed by atoms with Gasteiger partial charge in [-0.1, -0.05) is 12.1 Å². The molecule has 0 aliphatic carbocycles. The molecular formula is C20H19NO6S. The lowest BCUT2D eigenvalue weighted by Crippen LogP contribution is -2.19. The van der Waals surface area contributed by atoms with Gasteiger partial charge in [-0.2, -0.15) is 0 Å². The number of Topliss-reactive ketones (excluding diaryl/α,β-unsaturated/α-hetero) is 1. The Hall–Kier alpha value is -3.13. The van der Waals surface area contributed by atoms with Crippen molar-refractivity contribution in [2.24, 2.45) is 0 Å². The monoisotopic (exact) mass is 401 g/mol. The number of thioether (sulfide) groups is 1. The SMILES string of the molecule is COc1cc(C(=O)C2=CSC(c3ccc(C(=O)O)cc3)N2)cc(OC)c1OC. The topological polar surface area (TPSA) is 94.1 Å². The lowest BCUT2D eigenvalue weighted by molar-refractivity contribution is 0.0696. The number of carboxylic acid groups (broad SMARTS) is 1. The van der Waals surface area contributed by atoms with Crippen LogP contribution in [-0.2, 0) is 0 Å². The summed E-state index contributed by atoms with van der Waals surface area (Å²) in [6.07, 6.45) is 0. The van der Waals surface area contributed by atoms with Crippen LogP contribution in [0.25, 0.3) is 0 Å². The first-order valence-corrected chi connectivity index (χ1v) is 9.23. The number of hydrogen-bond acceptors (Lipinski definition) is 7. The van der Waals surface area contributed by atoms with Gasteiger partial charge in [0.1, 0.15) is 5.37 Å². The second kappa shape index (κ2) is 8.26. The molecule has 7 nitrogen and oxygen atoms in total. The Morgan fingerprint density at radius 3 is 2.07 bits per heavy atom. The third-order valence-electron chi connectivity index (χ3n) is 4.24. The zero-order valence-electron chi connectivity index (χ0n) is 15.5. The Morgan fingerprint density at radius 1 is 0.964 bits per heavy atom. The molecule has 1 heterocycles. The molecule has 2 aromatic rings. The summed E-state index contributed by atoms with van der Waals surface area (Å²) in [5, 5.41) is 13.7. The maximum Gasteiger partial charge on any atom is 0.335 e. The smallest absolute Gasteiger partial charge is 0.335 e. The van der Waals surface area contributed by atoms with Crippen molar-refractivity contribution >= 4 is 23.5 Å². The number of carbonyl (C=O) groups excluding carboxylic acids is 1. The Bertz CT molecular complexity index is 913. The minimum Gasteiger partial charge on any atom is -0.493 e. The Balaban J connectivity index is 1.80. The summed E-state index contributed by atoms with van der Waals surface area (Å²) in [4.78, 5) is 23.9. The van der Waals surface area contributed by atoms with Gasteiger partial charge in [-0.15, -0.1) is 11.8 Å². The molecule has 1 aliphatic rings. The van der Waals surface area contributed by atoms with Gasteiger partial charge in [-0.25, -0.2) is 4.79 Å². The molecule has 0 amide bonds. The highest BCUT2D eigenvalue weighted by Gasteiger charge is 2.26. The van der Waals surface area contributed by atoms with E-state index in [4.69, 9.17) is 19.3 Å². The molecule has 1 atom stereocenters. The zero-order chi connectivity index (χ0) is 20.3. The quantitative estimate of drug-likeness (QED) is 0.681. The van der Waals surface area contributed by atoms with Crippen molar-refractivity contribution in [3.8, 4) is 17.2 Å². The molecule has 2 N–H and O–H groups in total. The average Bonchev–Trinajstić information content (AvgIpc) is 3.22. The molecular weight excluding hydrogens is 382 g/mol. The standard InChI is InChI=1S/C20H19NO6S/c1-25-15-8-13(9-16(26-2)18(15)27-3)17(22)14-10-28-19(21-14)11-4-6-12(7-5-11)20(23)24/h4-10,19,21H,1-3H3,(H,23,24). The third-order valence-corrected chi connectivity index (χ3v) is 5.27. The Labute approximate surface area is 166 Å². The van der Waals surface area contributed by atoms with Crippen LogP contribution in [-0.4, -0.2) is 38.2 Å². The van der Waals surface area contributed by atoms with Gasteiger partial charge >= 0.3 is 5.97 Å². The van der Waals surface area contributed by atoms with Crippen molar-refractivity contribution in [1.82, 2.24) is 5.32 Å². The van der Waals surface area contributed by atoms with Crippen molar-refractivity contribution in [2.75, 3.05) is 21.3 Å². The first-order chi connectivity index (χ1) is 13.5. The van der Waals surface area contributed by atoms with E-state index in [1.165, 1.54) is 33.1 Å². The molecule has 3 rings (SSSR count). The number of carboxylic acids is 1. The van der Waals surface area contributed by atoms with Crippen LogP contribution in [0.2, 0.25) is 0 Å². The van der Waals surface area contributed by atoms with Gasteiger partial charge in [0.15, 0.2) is 11.5 Å². The number of aromatic carboxylic acids is 1. The van der Waals surface area contributed by atoms with Gasteiger partial charge in [-0.05, 0) is 29.8 Å². The summed E-state index contributed by atoms with van der Waals surface area (Å²) < 4.78 is 15.9. The summed E-state index contributed by atoms with van der Waals surface area (Å²) in [7, 11) is 4.48. The largest absolute Gasteiger partial charge is 0.493 e. The van der Waals surface area contributed by atoms with Crippen LogP contribution in [0.3, 0.4) is 0 Å². The fraction of sp³-hybridized carbons (Fsp3) is 0.200. The number of hydrogen-bond donors (Lipinski definition) is 2. The van der Waals surface area contributed by atoms with Gasteiger partial charge in [0.05, 0.1) is 32.6 Å². The van der Waals surface area contributed by atoms with E-state index in [0.717, 1.165) is 5.56 Å². The van der Waals surface area contributed by atoms with E-state index >= 15 is 0 Å². The highest BCUT2D eigenvalue weighted by Crippen LogP contribution is 2.40. The summed E-state index contributed by atoms with van der Waals surface area (Å²) in [6, 6.07) is 9.75. The number of benzene rings is 2. The average molecular weight is 401 g/mol. The number of allylic oxidation sites excluding steroid dienone is 1. The zero-order valence-corrected chi connectivity index (χ0v) is 16.3. The summed E-state index contributed by atoms with van der Waals surface area (Å²) >= 11 is 1.44. The van der Waals surface area contributed by atoms with E-state index in [0.29, 0.717) is 28.5 Å². The lowest BCUT2D eigenvalue weighted by Gasteiger charge is -2.15. The van der Waals surface area contributed by atoms with Crippen molar-refractivity contribution in [3.05, 3.63) is 64.2 Å². The lowest BCUT2D eigenvalue weighted by atomic mass is 10.1. The van der Waals surface area contributed by atoms with E-state index in [1.807, 2.05) is 0 Å². The van der Waals surface area contributed by atoms with Gasteiger partial charge < -0.3 is 24.6 Å². The number of carbonyl (C=O) groups is 2. The first kappa shape index (κ1) is 19.6. The van der Waals surface area contributed by atoms with Crippen LogP contribution in [0, 0.1) is 0 Å². The molecule has 0 saturated carbocycles. The molecule has 2 aromatic carbocycles. The van der Waals surface area contributed by atoms with E-state index in [2.05, 4.69) is 5.32 Å². The number of ether oxygens (including phenoxy) is 3. The third kappa shape index (κ3) is 3.77. The summed E-state index contributed by atoms with van der Waals surface area (Å²) in [6.45, 7) is 0. The minimum atomic E-state index is -0.977. The van der Waals surface area contributed by atoms with Crippen LogP contribution in [0.5, 0.6) is 17.2 Å². The molecule has 28 heavy (non-hydrogen) atoms. The van der Waals surface area contributed by atoms with Crippen molar-refractivity contribution < 1.29 is 28.9 Å². The minimum absolute atomic E-state index is 0.177. The first-order valence-electron chi connectivity index (χ1n) is 8.28. The second-order valence-electron chi connectivity index (χ2n) is 5.86. The van der Waals surface area contributed by atoms with Gasteiger partial charge in [0.25, 0.3) is 0 Å². The van der Waals surface area contributed by atoms with Gasteiger partial charge in [-0.3, -0.25) is 4.79 Å². The maximum atomic E-state index is 12.9. The molecule has 0 saturated heterocycles. The predicted molar refractivity (Wildman–Crippen MR) is 105 cm³/mol. The van der Waals surface area contributed by atoms with Crippen LogP contribution < -0.4 is 19.5 Å². The predicted octanol–water partition coefficient (Wildman–Crippen LogP) is 3.47. The molecule has 0 radical (unpaired) electrons. The number of ketones is 1. The number of methoxy groups -OCH3 is 3. The van der Waals surface area contributed by atoms with E-state index in [9.17, 15) is 9.59 Å². The van der Waals surface area contributed by atoms with E-state index < -0.39 is 5.97 Å². The molecule has 1 aliphatic heterocycles. The highest BCUT2D eigenvalue weighted by molar-refractivity contribution is 8.02. The van der Waals surface area contributed by atoms with E-state index in [-0.39, 0.29) is 16.7 Å². The molecule has 146 valence electrons. The van der Waals surface area contributed by atoms with Crippen LogP contribution >= 0.6 is 11.8 Å². The normalized spacial score (nSPS) is 15.4. The molecule has 0 fully saturated rings. The fourth-order valence-corrected chi connectivity index (χ4v) is 3.75. The number of nitrogens with one attached hydrogen (secondary N) is 1. The molecule has 0 spiro atoms. The molecule has 1 unspecified atom stereocenters. The van der Waals surface area contributed by atoms with Crippen LogP contribution in [0.15, 0.2) is 47.5 Å². The van der Waals surface area contributed by atoms with Crippen molar-refractivity contribution in [2.45, 2.75) is 5.37 Å². The molecule has 0 aromatic heterocycles. The fourth-order valence-electron chi connectivity index (χ4n) is 2.79. The number of rotatable bonds is 7. The second-order valence-corrected chi connectivity index (χ2v) is 6.84. The van der Waals surface area contributed by atoms with Crippen LogP contribution in [0.1, 0.15) is 31.7 Å². The Kier molecular flexibility index (Phi) is 5.79. The van der Waals surface area contributed by atoms with Crippen LogP contribution in [0.4, 0.5) is 0 Å². The van der Waals surface area contributed by atoms with E-state index in [1.54, 1.807) is 41.8 Å². The van der Waals surface area contributed by atoms with Crippen molar-refractivity contribution in [1.29, 1.82) is 0 Å². The maximum absolute atomic E-state index is 12.9. The van der Waals surface area contributed by atoms with Crippen molar-refractivity contribution in [3.63, 3.8) is 0 Å².